The molecule has 18 heavy (non-hydrogen) atoms. The number of anilines is 1. The van der Waals surface area contributed by atoms with E-state index in [1.165, 1.54) is 0 Å². The van der Waals surface area contributed by atoms with Gasteiger partial charge < -0.3 is 10.0 Å². The molecule has 1 saturated heterocycles. The molecule has 1 aromatic rings. The minimum absolute atomic E-state index is 0.625. The third-order valence-electron chi connectivity index (χ3n) is 2.93. The predicted molar refractivity (Wildman–Crippen MR) is 74.7 cm³/mol. The number of β-amino-alcohol motifs (C(OH)–C–C–N with tert-alkyl or cyclic N) is 1. The molecule has 0 atom stereocenters. The van der Waals surface area contributed by atoms with Gasteiger partial charge in [0.05, 0.1) is 5.60 Å². The van der Waals surface area contributed by atoms with Crippen LogP contribution in [0.15, 0.2) is 17.0 Å². The van der Waals surface area contributed by atoms with Crippen molar-refractivity contribution in [2.75, 3.05) is 37.6 Å². The first kappa shape index (κ1) is 13.7. The molecule has 1 aromatic heterocycles. The van der Waals surface area contributed by atoms with Crippen LogP contribution in [0.5, 0.6) is 0 Å². The second-order valence-electron chi connectivity index (χ2n) is 5.27. The van der Waals surface area contributed by atoms with E-state index in [0.717, 1.165) is 36.6 Å². The molecule has 1 aliphatic heterocycles. The Balaban J connectivity index is 1.91. The molecule has 0 aromatic carbocycles. The zero-order chi connectivity index (χ0) is 13.2. The van der Waals surface area contributed by atoms with Gasteiger partial charge >= 0.3 is 0 Å². The molecule has 0 spiro atoms. The number of rotatable bonds is 3. The molecule has 0 unspecified atom stereocenters. The maximum absolute atomic E-state index is 9.81. The van der Waals surface area contributed by atoms with Crippen molar-refractivity contribution in [3.63, 3.8) is 0 Å². The first-order valence-electron chi connectivity index (χ1n) is 6.11. The highest BCUT2D eigenvalue weighted by molar-refractivity contribution is 9.10. The lowest BCUT2D eigenvalue weighted by Gasteiger charge is -2.37. The van der Waals surface area contributed by atoms with Crippen LogP contribution in [0.1, 0.15) is 13.8 Å². The van der Waals surface area contributed by atoms with E-state index in [1.807, 2.05) is 19.9 Å². The molecule has 100 valence electrons. The summed E-state index contributed by atoms with van der Waals surface area (Å²) in [5.74, 6) is 0.958. The third kappa shape index (κ3) is 3.90. The molecule has 0 radical (unpaired) electrons. The van der Waals surface area contributed by atoms with E-state index in [4.69, 9.17) is 0 Å². The van der Waals surface area contributed by atoms with Gasteiger partial charge in [0.2, 0.25) is 0 Å². The number of aliphatic hydroxyl groups is 1. The molecule has 2 rings (SSSR count). The first-order valence-corrected chi connectivity index (χ1v) is 6.90. The number of halogens is 1. The van der Waals surface area contributed by atoms with E-state index >= 15 is 0 Å². The Morgan fingerprint density at radius 2 is 1.94 bits per heavy atom. The number of hydrogen-bond donors (Lipinski definition) is 1. The average Bonchev–Trinajstić information content (AvgIpc) is 2.28. The molecule has 2 heterocycles. The highest BCUT2D eigenvalue weighted by Gasteiger charge is 2.23. The summed E-state index contributed by atoms with van der Waals surface area (Å²) in [4.78, 5) is 12.8. The van der Waals surface area contributed by atoms with Crippen molar-refractivity contribution in [2.45, 2.75) is 19.4 Å². The fourth-order valence-electron chi connectivity index (χ4n) is 2.18. The van der Waals surface area contributed by atoms with Crippen molar-refractivity contribution in [3.8, 4) is 0 Å². The van der Waals surface area contributed by atoms with Crippen LogP contribution in [0.25, 0.3) is 0 Å². The summed E-state index contributed by atoms with van der Waals surface area (Å²) < 4.78 is 0.812. The Morgan fingerprint density at radius 1 is 1.28 bits per heavy atom. The van der Waals surface area contributed by atoms with Crippen molar-refractivity contribution < 1.29 is 5.11 Å². The maximum Gasteiger partial charge on any atom is 0.133 e. The minimum atomic E-state index is -0.625. The maximum atomic E-state index is 9.81. The Bertz CT molecular complexity index is 399. The molecule has 0 aliphatic carbocycles. The lowest BCUT2D eigenvalue weighted by atomic mass is 10.1. The van der Waals surface area contributed by atoms with E-state index in [2.05, 4.69) is 35.7 Å². The van der Waals surface area contributed by atoms with Crippen LogP contribution in [0, 0.1) is 0 Å². The zero-order valence-electron chi connectivity index (χ0n) is 10.8. The summed E-state index contributed by atoms with van der Waals surface area (Å²) in [7, 11) is 0. The van der Waals surface area contributed by atoms with Crippen LogP contribution in [0.3, 0.4) is 0 Å². The lowest BCUT2D eigenvalue weighted by molar-refractivity contribution is 0.0344. The second-order valence-corrected chi connectivity index (χ2v) is 6.09. The molecule has 5 nitrogen and oxygen atoms in total. The summed E-state index contributed by atoms with van der Waals surface area (Å²) in [6, 6.07) is 1.94. The topological polar surface area (TPSA) is 52.5 Å². The lowest BCUT2D eigenvalue weighted by Crippen LogP contribution is -2.50. The van der Waals surface area contributed by atoms with Gasteiger partial charge in [0.25, 0.3) is 0 Å². The van der Waals surface area contributed by atoms with E-state index < -0.39 is 5.60 Å². The van der Waals surface area contributed by atoms with Gasteiger partial charge in [-0.15, -0.1) is 0 Å². The van der Waals surface area contributed by atoms with E-state index in [1.54, 1.807) is 6.33 Å². The minimum Gasteiger partial charge on any atom is -0.389 e. The van der Waals surface area contributed by atoms with Gasteiger partial charge in [-0.3, -0.25) is 4.90 Å². The highest BCUT2D eigenvalue weighted by Crippen LogP contribution is 2.17. The van der Waals surface area contributed by atoms with Gasteiger partial charge in [-0.1, -0.05) is 0 Å². The molecule has 1 fully saturated rings. The Morgan fingerprint density at radius 3 is 2.50 bits per heavy atom. The molecule has 1 N–H and O–H groups in total. The molecule has 1 aliphatic rings. The predicted octanol–water partition coefficient (Wildman–Crippen LogP) is 1.13. The van der Waals surface area contributed by atoms with Crippen molar-refractivity contribution in [1.29, 1.82) is 0 Å². The van der Waals surface area contributed by atoms with Gasteiger partial charge in [0.15, 0.2) is 0 Å². The summed E-state index contributed by atoms with van der Waals surface area (Å²) in [5, 5.41) is 9.81. The van der Waals surface area contributed by atoms with E-state index in [-0.39, 0.29) is 0 Å². The fraction of sp³-hybridized carbons (Fsp3) is 0.667. The number of hydrogen-bond acceptors (Lipinski definition) is 5. The van der Waals surface area contributed by atoms with Crippen LogP contribution in [0.2, 0.25) is 0 Å². The van der Waals surface area contributed by atoms with Crippen LogP contribution < -0.4 is 4.90 Å². The SMILES string of the molecule is CC(C)(O)CN1CCN(c2cc(Br)ncn2)CC1. The largest absolute Gasteiger partial charge is 0.389 e. The van der Waals surface area contributed by atoms with Gasteiger partial charge in [-0.25, -0.2) is 9.97 Å². The van der Waals surface area contributed by atoms with Crippen LogP contribution in [0.4, 0.5) is 5.82 Å². The molecule has 0 saturated carbocycles. The van der Waals surface area contributed by atoms with Gasteiger partial charge in [0, 0.05) is 38.8 Å². The van der Waals surface area contributed by atoms with Gasteiger partial charge in [-0.05, 0) is 29.8 Å². The Kier molecular flexibility index (Phi) is 4.19. The van der Waals surface area contributed by atoms with E-state index in [9.17, 15) is 5.11 Å². The smallest absolute Gasteiger partial charge is 0.133 e. The molecule has 0 bridgehead atoms. The number of nitrogens with zero attached hydrogens (tertiary/aromatic N) is 4. The molecule has 6 heteroatoms. The Hall–Kier alpha value is -0.720. The molecular formula is C12H19BrN4O. The third-order valence-corrected chi connectivity index (χ3v) is 3.36. The van der Waals surface area contributed by atoms with Crippen LogP contribution >= 0.6 is 15.9 Å². The highest BCUT2D eigenvalue weighted by atomic mass is 79.9. The standard InChI is InChI=1S/C12H19BrN4O/c1-12(2,18)8-16-3-5-17(6-4-16)11-7-10(13)14-9-15-11/h7,9,18H,3-6,8H2,1-2H3. The zero-order valence-corrected chi connectivity index (χ0v) is 12.4. The van der Waals surface area contributed by atoms with Crippen molar-refractivity contribution in [1.82, 2.24) is 14.9 Å². The average molecular weight is 315 g/mol. The van der Waals surface area contributed by atoms with Crippen molar-refractivity contribution in [3.05, 3.63) is 17.0 Å². The van der Waals surface area contributed by atoms with Crippen molar-refractivity contribution in [2.24, 2.45) is 0 Å². The molecule has 0 amide bonds. The molecular weight excluding hydrogens is 296 g/mol. The summed E-state index contributed by atoms with van der Waals surface area (Å²) >= 11 is 3.36. The van der Waals surface area contributed by atoms with Crippen LogP contribution in [-0.4, -0.2) is 58.3 Å². The summed E-state index contributed by atoms with van der Waals surface area (Å²) in [5.41, 5.74) is -0.625. The van der Waals surface area contributed by atoms with Gasteiger partial charge in [-0.2, -0.15) is 0 Å². The Labute approximate surface area is 116 Å². The summed E-state index contributed by atoms with van der Waals surface area (Å²) in [6.07, 6.45) is 1.57. The summed E-state index contributed by atoms with van der Waals surface area (Å²) in [6.45, 7) is 8.17. The normalized spacial score (nSPS) is 18.1. The second kappa shape index (κ2) is 5.50. The quantitative estimate of drug-likeness (QED) is 0.848. The first-order chi connectivity index (χ1) is 8.44. The number of aromatic nitrogens is 2. The van der Waals surface area contributed by atoms with Crippen LogP contribution in [-0.2, 0) is 0 Å². The number of piperazine rings is 1. The van der Waals surface area contributed by atoms with E-state index in [0.29, 0.717) is 6.54 Å². The van der Waals surface area contributed by atoms with Gasteiger partial charge in [0.1, 0.15) is 16.7 Å². The fourth-order valence-corrected chi connectivity index (χ4v) is 2.48. The monoisotopic (exact) mass is 314 g/mol. The van der Waals surface area contributed by atoms with Crippen molar-refractivity contribution >= 4 is 21.7 Å².